The average molecular weight is 364 g/mol. The summed E-state index contributed by atoms with van der Waals surface area (Å²) >= 11 is 0. The van der Waals surface area contributed by atoms with Crippen molar-refractivity contribution < 1.29 is 14.3 Å². The zero-order valence-electron chi connectivity index (χ0n) is 15.0. The van der Waals surface area contributed by atoms with E-state index in [4.69, 9.17) is 9.47 Å². The van der Waals surface area contributed by atoms with Crippen LogP contribution in [0.1, 0.15) is 5.69 Å². The molecule has 138 valence electrons. The summed E-state index contributed by atoms with van der Waals surface area (Å²) < 4.78 is 12.3. The molecule has 0 aliphatic rings. The van der Waals surface area contributed by atoms with Gasteiger partial charge in [0.2, 0.25) is 0 Å². The smallest absolute Gasteiger partial charge is 0.339 e. The number of hydrogen-bond donors (Lipinski definition) is 2. The number of anilines is 1. The van der Waals surface area contributed by atoms with Gasteiger partial charge in [-0.2, -0.15) is 5.10 Å². The highest BCUT2D eigenvalue weighted by Gasteiger charge is 2.06. The van der Waals surface area contributed by atoms with E-state index < -0.39 is 6.03 Å². The maximum absolute atomic E-state index is 12.0. The van der Waals surface area contributed by atoms with Gasteiger partial charge in [0.25, 0.3) is 0 Å². The Hall–Kier alpha value is -3.74. The Morgan fingerprint density at radius 1 is 1.00 bits per heavy atom. The van der Waals surface area contributed by atoms with Gasteiger partial charge in [-0.1, -0.05) is 12.1 Å². The zero-order valence-corrected chi connectivity index (χ0v) is 15.0. The van der Waals surface area contributed by atoms with Crippen LogP contribution in [0.4, 0.5) is 10.5 Å². The van der Waals surface area contributed by atoms with Crippen LogP contribution in [-0.4, -0.2) is 31.0 Å². The van der Waals surface area contributed by atoms with Crippen molar-refractivity contribution >= 4 is 17.9 Å². The number of methoxy groups -OCH3 is 2. The second-order valence-corrected chi connectivity index (χ2v) is 5.53. The monoisotopic (exact) mass is 364 g/mol. The van der Waals surface area contributed by atoms with Crippen molar-refractivity contribution in [3.8, 4) is 17.2 Å². The number of benzene rings is 2. The molecule has 0 spiro atoms. The third-order valence-corrected chi connectivity index (χ3v) is 3.85. The lowest BCUT2D eigenvalue weighted by Gasteiger charge is -2.09. The number of rotatable bonds is 6. The molecule has 0 aliphatic carbocycles. The van der Waals surface area contributed by atoms with Crippen molar-refractivity contribution in [1.82, 2.24) is 9.99 Å². The summed E-state index contributed by atoms with van der Waals surface area (Å²) in [5.41, 5.74) is 4.79. The molecule has 7 nitrogen and oxygen atoms in total. The number of ether oxygens (including phenoxy) is 2. The van der Waals surface area contributed by atoms with Crippen molar-refractivity contribution in [3.63, 3.8) is 0 Å². The predicted octanol–water partition coefficient (Wildman–Crippen LogP) is 3.65. The molecule has 0 bridgehead atoms. The number of hydrazone groups is 1. The Balaban J connectivity index is 1.65. The lowest BCUT2D eigenvalue weighted by molar-refractivity contribution is 0.252. The highest BCUT2D eigenvalue weighted by molar-refractivity contribution is 5.91. The molecule has 7 heteroatoms. The molecule has 2 aromatic carbocycles. The Morgan fingerprint density at radius 2 is 1.78 bits per heavy atom. The minimum atomic E-state index is -0.460. The van der Waals surface area contributed by atoms with Gasteiger partial charge in [-0.15, -0.1) is 0 Å². The fraction of sp³-hybridized carbons (Fsp3) is 0.100. The summed E-state index contributed by atoms with van der Waals surface area (Å²) in [6.45, 7) is 0. The average Bonchev–Trinajstić information content (AvgIpc) is 3.17. The molecule has 2 N–H and O–H groups in total. The minimum absolute atomic E-state index is 0.460. The first-order valence-corrected chi connectivity index (χ1v) is 8.26. The van der Waals surface area contributed by atoms with E-state index in [1.165, 1.54) is 0 Å². The Labute approximate surface area is 157 Å². The molecule has 0 radical (unpaired) electrons. The van der Waals surface area contributed by atoms with Crippen molar-refractivity contribution in [2.24, 2.45) is 5.10 Å². The molecule has 2 amide bonds. The van der Waals surface area contributed by atoms with Crippen LogP contribution in [0.25, 0.3) is 5.69 Å². The standard InChI is InChI=1S/C20H20N4O3/c1-26-17-11-9-15(10-12-17)24-13-5-6-16(24)14-21-23-20(25)22-18-7-3-4-8-19(18)27-2/h3-14H,1-2H3,(H2,22,23,25)/b21-14+. The lowest BCUT2D eigenvalue weighted by atomic mass is 10.3. The summed E-state index contributed by atoms with van der Waals surface area (Å²) in [6.07, 6.45) is 3.49. The van der Waals surface area contributed by atoms with Crippen LogP contribution >= 0.6 is 0 Å². The van der Waals surface area contributed by atoms with Gasteiger partial charge in [0.05, 0.1) is 31.8 Å². The van der Waals surface area contributed by atoms with Crippen LogP contribution in [0.5, 0.6) is 11.5 Å². The predicted molar refractivity (Wildman–Crippen MR) is 105 cm³/mol. The van der Waals surface area contributed by atoms with Crippen LogP contribution in [0, 0.1) is 0 Å². The second-order valence-electron chi connectivity index (χ2n) is 5.53. The van der Waals surface area contributed by atoms with Gasteiger partial charge in [0.1, 0.15) is 11.5 Å². The van der Waals surface area contributed by atoms with Gasteiger partial charge in [-0.05, 0) is 48.5 Å². The van der Waals surface area contributed by atoms with Crippen LogP contribution in [0.15, 0.2) is 72.0 Å². The van der Waals surface area contributed by atoms with Gasteiger partial charge in [-0.3, -0.25) is 0 Å². The molecule has 0 unspecified atom stereocenters. The maximum Gasteiger partial charge on any atom is 0.339 e. The van der Waals surface area contributed by atoms with Crippen LogP contribution in [-0.2, 0) is 0 Å². The minimum Gasteiger partial charge on any atom is -0.497 e. The fourth-order valence-electron chi connectivity index (χ4n) is 2.53. The summed E-state index contributed by atoms with van der Waals surface area (Å²) in [6, 6.07) is 18.1. The highest BCUT2D eigenvalue weighted by Crippen LogP contribution is 2.22. The molecule has 0 saturated heterocycles. The van der Waals surface area contributed by atoms with E-state index in [2.05, 4.69) is 15.8 Å². The molecule has 0 aliphatic heterocycles. The van der Waals surface area contributed by atoms with E-state index in [0.29, 0.717) is 11.4 Å². The number of amides is 2. The highest BCUT2D eigenvalue weighted by atomic mass is 16.5. The van der Waals surface area contributed by atoms with Crippen molar-refractivity contribution in [1.29, 1.82) is 0 Å². The molecular weight excluding hydrogens is 344 g/mol. The SMILES string of the molecule is COc1ccc(-n2cccc2/C=N/NC(=O)Nc2ccccc2OC)cc1. The van der Waals surface area contributed by atoms with Gasteiger partial charge in [0, 0.05) is 11.9 Å². The summed E-state index contributed by atoms with van der Waals surface area (Å²) in [5.74, 6) is 1.36. The second kappa shape index (κ2) is 8.57. The number of carbonyl (C=O) groups is 1. The molecule has 0 saturated carbocycles. The van der Waals surface area contributed by atoms with E-state index in [9.17, 15) is 4.79 Å². The molecular formula is C20H20N4O3. The number of aromatic nitrogens is 1. The third-order valence-electron chi connectivity index (χ3n) is 3.85. The summed E-state index contributed by atoms with van der Waals surface area (Å²) in [7, 11) is 3.17. The zero-order chi connectivity index (χ0) is 19.1. The van der Waals surface area contributed by atoms with E-state index in [1.54, 1.807) is 32.6 Å². The first-order valence-electron chi connectivity index (χ1n) is 8.26. The number of nitrogens with zero attached hydrogens (tertiary/aromatic N) is 2. The number of urea groups is 1. The number of hydrogen-bond acceptors (Lipinski definition) is 4. The van der Waals surface area contributed by atoms with E-state index in [-0.39, 0.29) is 0 Å². The lowest BCUT2D eigenvalue weighted by Crippen LogP contribution is -2.24. The molecule has 0 fully saturated rings. The molecule has 1 aromatic heterocycles. The van der Waals surface area contributed by atoms with Crippen LogP contribution < -0.4 is 20.2 Å². The van der Waals surface area contributed by atoms with Crippen molar-refractivity contribution in [2.75, 3.05) is 19.5 Å². The van der Waals surface area contributed by atoms with Gasteiger partial charge >= 0.3 is 6.03 Å². The van der Waals surface area contributed by atoms with Crippen LogP contribution in [0.2, 0.25) is 0 Å². The third kappa shape index (κ3) is 4.46. The molecule has 0 atom stereocenters. The van der Waals surface area contributed by atoms with Gasteiger partial charge in [0.15, 0.2) is 0 Å². The van der Waals surface area contributed by atoms with Crippen LogP contribution in [0.3, 0.4) is 0 Å². The number of nitrogens with one attached hydrogen (secondary N) is 2. The Morgan fingerprint density at radius 3 is 2.52 bits per heavy atom. The van der Waals surface area contributed by atoms with Crippen molar-refractivity contribution in [2.45, 2.75) is 0 Å². The summed E-state index contributed by atoms with van der Waals surface area (Å²) in [4.78, 5) is 12.0. The number of carbonyl (C=O) groups excluding carboxylic acids is 1. The van der Waals surface area contributed by atoms with Gasteiger partial charge < -0.3 is 19.4 Å². The van der Waals surface area contributed by atoms with Crippen molar-refractivity contribution in [3.05, 3.63) is 72.6 Å². The normalized spacial score (nSPS) is 10.6. The topological polar surface area (TPSA) is 76.9 Å². The number of para-hydroxylation sites is 2. The van der Waals surface area contributed by atoms with Gasteiger partial charge in [-0.25, -0.2) is 10.2 Å². The van der Waals surface area contributed by atoms with E-state index >= 15 is 0 Å². The fourth-order valence-corrected chi connectivity index (χ4v) is 2.53. The largest absolute Gasteiger partial charge is 0.497 e. The quantitative estimate of drug-likeness (QED) is 0.518. The maximum atomic E-state index is 12.0. The van der Waals surface area contributed by atoms with E-state index in [0.717, 1.165) is 17.1 Å². The molecule has 1 heterocycles. The Bertz CT molecular complexity index is 932. The van der Waals surface area contributed by atoms with E-state index in [1.807, 2.05) is 59.3 Å². The molecule has 27 heavy (non-hydrogen) atoms. The first-order chi connectivity index (χ1) is 13.2. The Kier molecular flexibility index (Phi) is 5.73. The first kappa shape index (κ1) is 18.1. The summed E-state index contributed by atoms with van der Waals surface area (Å²) in [5, 5.41) is 6.70. The molecule has 3 rings (SSSR count). The molecule has 3 aromatic rings.